The molecule has 0 spiro atoms. The molecular formula is C12H16N2O. The Morgan fingerprint density at radius 1 is 1.53 bits per heavy atom. The molecule has 0 saturated carbocycles. The lowest BCUT2D eigenvalue weighted by Gasteiger charge is -2.07. The number of Topliss-reactive ketones (excluding diaryl/α,β-unsaturated/α-hetero) is 1. The van der Waals surface area contributed by atoms with Gasteiger partial charge in [-0.3, -0.25) is 9.78 Å². The Bertz CT molecular complexity index is 318. The molecule has 1 aliphatic heterocycles. The summed E-state index contributed by atoms with van der Waals surface area (Å²) in [5, 5.41) is 3.22. The second-order valence-corrected chi connectivity index (χ2v) is 3.94. The fourth-order valence-corrected chi connectivity index (χ4v) is 1.93. The Morgan fingerprint density at radius 2 is 2.47 bits per heavy atom. The van der Waals surface area contributed by atoms with Gasteiger partial charge in [0.1, 0.15) is 5.78 Å². The van der Waals surface area contributed by atoms with Gasteiger partial charge in [-0.25, -0.2) is 0 Å². The first-order valence-electron chi connectivity index (χ1n) is 5.52. The van der Waals surface area contributed by atoms with Gasteiger partial charge in [0.15, 0.2) is 0 Å². The number of pyridine rings is 1. The van der Waals surface area contributed by atoms with Gasteiger partial charge in [-0.1, -0.05) is 6.07 Å². The zero-order valence-corrected chi connectivity index (χ0v) is 8.78. The van der Waals surface area contributed by atoms with Crippen molar-refractivity contribution in [1.29, 1.82) is 0 Å². The van der Waals surface area contributed by atoms with Crippen LogP contribution in [0.25, 0.3) is 0 Å². The Morgan fingerprint density at radius 3 is 3.13 bits per heavy atom. The number of aromatic nitrogens is 1. The molecule has 3 nitrogen and oxygen atoms in total. The maximum Gasteiger partial charge on any atom is 0.150 e. The van der Waals surface area contributed by atoms with Crippen LogP contribution in [0.2, 0.25) is 0 Å². The molecule has 1 fully saturated rings. The zero-order chi connectivity index (χ0) is 10.5. The highest BCUT2D eigenvalue weighted by Crippen LogP contribution is 2.09. The lowest BCUT2D eigenvalue weighted by atomic mass is 10.1. The topological polar surface area (TPSA) is 42.0 Å². The van der Waals surface area contributed by atoms with Crippen LogP contribution in [0.4, 0.5) is 0 Å². The average Bonchev–Trinajstić information content (AvgIpc) is 2.81. The Labute approximate surface area is 89.9 Å². The monoisotopic (exact) mass is 204 g/mol. The molecule has 1 N–H and O–H groups in total. The first-order chi connectivity index (χ1) is 7.36. The Kier molecular flexibility index (Phi) is 3.45. The molecule has 1 aromatic heterocycles. The molecule has 0 amide bonds. The highest BCUT2D eigenvalue weighted by molar-refractivity contribution is 5.84. The second-order valence-electron chi connectivity index (χ2n) is 3.94. The van der Waals surface area contributed by atoms with Crippen LogP contribution in [-0.2, 0) is 11.2 Å². The van der Waals surface area contributed by atoms with Crippen LogP contribution in [-0.4, -0.2) is 23.4 Å². The van der Waals surface area contributed by atoms with Crippen molar-refractivity contribution in [3.05, 3.63) is 30.1 Å². The lowest BCUT2D eigenvalue weighted by Crippen LogP contribution is -2.30. The van der Waals surface area contributed by atoms with E-state index in [0.29, 0.717) is 12.2 Å². The summed E-state index contributed by atoms with van der Waals surface area (Å²) in [5.41, 5.74) is 1.00. The van der Waals surface area contributed by atoms with Crippen molar-refractivity contribution < 1.29 is 4.79 Å². The summed E-state index contributed by atoms with van der Waals surface area (Å²) >= 11 is 0. The maximum atomic E-state index is 11.7. The van der Waals surface area contributed by atoms with Crippen molar-refractivity contribution in [1.82, 2.24) is 10.3 Å². The van der Waals surface area contributed by atoms with Gasteiger partial charge in [-0.2, -0.15) is 0 Å². The van der Waals surface area contributed by atoms with Crippen LogP contribution >= 0.6 is 0 Å². The summed E-state index contributed by atoms with van der Waals surface area (Å²) < 4.78 is 0. The fraction of sp³-hybridized carbons (Fsp3) is 0.500. The molecule has 2 heterocycles. The van der Waals surface area contributed by atoms with Gasteiger partial charge >= 0.3 is 0 Å². The summed E-state index contributed by atoms with van der Waals surface area (Å²) in [6, 6.07) is 5.92. The van der Waals surface area contributed by atoms with Crippen LogP contribution in [0.5, 0.6) is 0 Å². The molecule has 0 bridgehead atoms. The molecule has 1 aromatic rings. The lowest BCUT2D eigenvalue weighted by molar-refractivity contribution is -0.120. The number of carbonyl (C=O) groups is 1. The summed E-state index contributed by atoms with van der Waals surface area (Å²) in [6.07, 6.45) is 5.27. The number of carbonyl (C=O) groups excluding carboxylic acids is 1. The Hall–Kier alpha value is -1.22. The highest BCUT2D eigenvalue weighted by atomic mass is 16.1. The minimum Gasteiger partial charge on any atom is -0.307 e. The molecule has 3 heteroatoms. The van der Waals surface area contributed by atoms with Gasteiger partial charge in [0, 0.05) is 18.3 Å². The molecule has 1 atom stereocenters. The van der Waals surface area contributed by atoms with E-state index in [1.54, 1.807) is 6.20 Å². The average molecular weight is 204 g/mol. The number of aryl methyl sites for hydroxylation is 1. The first kappa shape index (κ1) is 10.3. The van der Waals surface area contributed by atoms with Crippen LogP contribution in [0.1, 0.15) is 25.0 Å². The molecule has 2 rings (SSSR count). The van der Waals surface area contributed by atoms with Crippen LogP contribution in [0, 0.1) is 0 Å². The minimum absolute atomic E-state index is 0.105. The smallest absolute Gasteiger partial charge is 0.150 e. The van der Waals surface area contributed by atoms with E-state index in [2.05, 4.69) is 10.3 Å². The number of ketones is 1. The van der Waals surface area contributed by atoms with E-state index in [-0.39, 0.29) is 6.04 Å². The summed E-state index contributed by atoms with van der Waals surface area (Å²) in [4.78, 5) is 15.9. The standard InChI is InChI=1S/C12H16N2O/c15-12(11-5-3-9-14-11)7-6-10-4-1-2-8-13-10/h1-2,4,8,11,14H,3,5-7,9H2/t11-/m1/s1. The second kappa shape index (κ2) is 5.03. The van der Waals surface area contributed by atoms with E-state index in [1.165, 1.54) is 0 Å². The molecule has 0 radical (unpaired) electrons. The molecular weight excluding hydrogens is 188 g/mol. The quantitative estimate of drug-likeness (QED) is 0.804. The SMILES string of the molecule is O=C(CCc1ccccn1)[C@H]1CCCN1. The predicted octanol–water partition coefficient (Wildman–Crippen LogP) is 1.34. The molecule has 0 aromatic carbocycles. The van der Waals surface area contributed by atoms with Gasteiger partial charge in [0.05, 0.1) is 6.04 Å². The van der Waals surface area contributed by atoms with Crippen molar-refractivity contribution >= 4 is 5.78 Å². The Balaban J connectivity index is 1.80. The molecule has 0 unspecified atom stereocenters. The zero-order valence-electron chi connectivity index (χ0n) is 8.78. The third kappa shape index (κ3) is 2.86. The van der Waals surface area contributed by atoms with Crippen molar-refractivity contribution in [3.63, 3.8) is 0 Å². The summed E-state index contributed by atoms with van der Waals surface area (Å²) in [6.45, 7) is 0.986. The molecule has 1 aliphatic rings. The van der Waals surface area contributed by atoms with E-state index in [9.17, 15) is 4.79 Å². The number of rotatable bonds is 4. The van der Waals surface area contributed by atoms with Crippen LogP contribution in [0.15, 0.2) is 24.4 Å². The van der Waals surface area contributed by atoms with Gasteiger partial charge in [-0.05, 0) is 37.9 Å². The minimum atomic E-state index is 0.105. The number of hydrogen-bond acceptors (Lipinski definition) is 3. The highest BCUT2D eigenvalue weighted by Gasteiger charge is 2.21. The molecule has 0 aliphatic carbocycles. The number of hydrogen-bond donors (Lipinski definition) is 1. The third-order valence-electron chi connectivity index (χ3n) is 2.80. The van der Waals surface area contributed by atoms with Crippen LogP contribution in [0.3, 0.4) is 0 Å². The van der Waals surface area contributed by atoms with Crippen LogP contribution < -0.4 is 5.32 Å². The molecule has 80 valence electrons. The predicted molar refractivity (Wildman–Crippen MR) is 58.6 cm³/mol. The maximum absolute atomic E-state index is 11.7. The molecule has 15 heavy (non-hydrogen) atoms. The number of nitrogens with zero attached hydrogens (tertiary/aromatic N) is 1. The first-order valence-corrected chi connectivity index (χ1v) is 5.52. The third-order valence-corrected chi connectivity index (χ3v) is 2.80. The van der Waals surface area contributed by atoms with Gasteiger partial charge in [0.25, 0.3) is 0 Å². The number of nitrogens with one attached hydrogen (secondary N) is 1. The van der Waals surface area contributed by atoms with E-state index in [0.717, 1.165) is 31.5 Å². The van der Waals surface area contributed by atoms with Gasteiger partial charge in [-0.15, -0.1) is 0 Å². The van der Waals surface area contributed by atoms with E-state index >= 15 is 0 Å². The van der Waals surface area contributed by atoms with Crippen molar-refractivity contribution in [2.75, 3.05) is 6.54 Å². The summed E-state index contributed by atoms with van der Waals surface area (Å²) in [7, 11) is 0. The normalized spacial score (nSPS) is 20.4. The van der Waals surface area contributed by atoms with Gasteiger partial charge in [0.2, 0.25) is 0 Å². The summed E-state index contributed by atoms with van der Waals surface area (Å²) in [5.74, 6) is 0.332. The van der Waals surface area contributed by atoms with Crippen molar-refractivity contribution in [3.8, 4) is 0 Å². The van der Waals surface area contributed by atoms with Crippen molar-refractivity contribution in [2.45, 2.75) is 31.7 Å². The molecule has 1 saturated heterocycles. The largest absolute Gasteiger partial charge is 0.307 e. The van der Waals surface area contributed by atoms with E-state index < -0.39 is 0 Å². The van der Waals surface area contributed by atoms with E-state index in [1.807, 2.05) is 18.2 Å². The fourth-order valence-electron chi connectivity index (χ4n) is 1.93. The van der Waals surface area contributed by atoms with Gasteiger partial charge < -0.3 is 5.32 Å². The van der Waals surface area contributed by atoms with E-state index in [4.69, 9.17) is 0 Å². The van der Waals surface area contributed by atoms with Crippen molar-refractivity contribution in [2.24, 2.45) is 0 Å².